The summed E-state index contributed by atoms with van der Waals surface area (Å²) in [5, 5.41) is 0. The van der Waals surface area contributed by atoms with Crippen molar-refractivity contribution in [2.24, 2.45) is 16.6 Å². The maximum absolute atomic E-state index is 12.6. The van der Waals surface area contributed by atoms with Crippen molar-refractivity contribution in [3.8, 4) is 11.5 Å². The zero-order valence-electron chi connectivity index (χ0n) is 25.7. The van der Waals surface area contributed by atoms with E-state index in [-0.39, 0.29) is 48.1 Å². The van der Waals surface area contributed by atoms with Crippen LogP contribution in [0.3, 0.4) is 0 Å². The minimum atomic E-state index is -1.11. The Bertz CT molecular complexity index is 1040. The van der Waals surface area contributed by atoms with Crippen LogP contribution in [0.25, 0.3) is 0 Å². The third-order valence-electron chi connectivity index (χ3n) is 4.98. The molecule has 0 aromatic heterocycles. The van der Waals surface area contributed by atoms with Crippen LogP contribution in [0, 0.1) is 10.8 Å². The third kappa shape index (κ3) is 15.1. The van der Waals surface area contributed by atoms with Gasteiger partial charge in [0, 0.05) is 0 Å². The summed E-state index contributed by atoms with van der Waals surface area (Å²) in [5.41, 5.74) is 5.94. The van der Waals surface area contributed by atoms with Gasteiger partial charge in [-0.2, -0.15) is 0 Å². The van der Waals surface area contributed by atoms with Crippen LogP contribution in [0.2, 0.25) is 0 Å². The Labute approximate surface area is 242 Å². The van der Waals surface area contributed by atoms with Crippen molar-refractivity contribution in [2.45, 2.75) is 100 Å². The zero-order chi connectivity index (χ0) is 31.5. The third-order valence-corrected chi connectivity index (χ3v) is 4.98. The van der Waals surface area contributed by atoms with Gasteiger partial charge in [-0.15, -0.1) is 0 Å². The second-order valence-corrected chi connectivity index (χ2v) is 12.4. The molecule has 232 valence electrons. The van der Waals surface area contributed by atoms with Crippen molar-refractivity contribution in [1.29, 1.82) is 0 Å². The van der Waals surface area contributed by atoms with E-state index in [2.05, 4.69) is 0 Å². The number of hydrogen-bond acceptors (Lipinski definition) is 12. The van der Waals surface area contributed by atoms with Crippen molar-refractivity contribution >= 4 is 24.4 Å². The lowest BCUT2D eigenvalue weighted by atomic mass is 9.99. The molecule has 12 heteroatoms. The molecule has 1 aromatic rings. The van der Waals surface area contributed by atoms with Crippen LogP contribution in [0.15, 0.2) is 18.2 Å². The Hall–Kier alpha value is -3.54. The van der Waals surface area contributed by atoms with Crippen LogP contribution in [0.5, 0.6) is 11.5 Å². The van der Waals surface area contributed by atoms with Gasteiger partial charge in [0.25, 0.3) is 0 Å². The monoisotopic (exact) mass is 583 g/mol. The minimum absolute atomic E-state index is 0.0155. The van der Waals surface area contributed by atoms with E-state index < -0.39 is 42.7 Å². The highest BCUT2D eigenvalue weighted by Crippen LogP contribution is 2.30. The maximum Gasteiger partial charge on any atom is 0.513 e. The molecule has 0 heterocycles. The number of carbonyl (C=O) groups is 4. The summed E-state index contributed by atoms with van der Waals surface area (Å²) in [5.74, 6) is -0.971. The molecule has 0 fully saturated rings. The van der Waals surface area contributed by atoms with Crippen molar-refractivity contribution < 1.29 is 52.3 Å². The summed E-state index contributed by atoms with van der Waals surface area (Å²) in [6.07, 6.45) is -4.83. The molecule has 41 heavy (non-hydrogen) atoms. The predicted molar refractivity (Wildman–Crippen MR) is 149 cm³/mol. The molecule has 0 aliphatic heterocycles. The van der Waals surface area contributed by atoms with Gasteiger partial charge in [0.15, 0.2) is 11.5 Å². The molecule has 0 bridgehead atoms. The van der Waals surface area contributed by atoms with Crippen molar-refractivity contribution in [3.05, 3.63) is 23.8 Å². The Kier molecular flexibility index (Phi) is 13.4. The molecule has 0 saturated heterocycles. The van der Waals surface area contributed by atoms with E-state index in [9.17, 15) is 19.2 Å². The Morgan fingerprint density at radius 2 is 1.20 bits per heavy atom. The number of ether oxygens (including phenoxy) is 7. The fraction of sp³-hybridized carbons (Fsp3) is 0.655. The van der Waals surface area contributed by atoms with Crippen LogP contribution in [-0.4, -0.2) is 62.0 Å². The molecule has 0 spiro atoms. The number of esters is 1. The van der Waals surface area contributed by atoms with E-state index in [0.29, 0.717) is 5.56 Å². The second-order valence-electron chi connectivity index (χ2n) is 12.4. The largest absolute Gasteiger partial charge is 0.513 e. The fourth-order valence-electron chi connectivity index (χ4n) is 2.80. The summed E-state index contributed by atoms with van der Waals surface area (Å²) >= 11 is 0. The molecule has 1 aromatic carbocycles. The summed E-state index contributed by atoms with van der Waals surface area (Å²) in [7, 11) is 0. The number of rotatable bonds is 11. The molecule has 0 saturated carbocycles. The molecule has 12 nitrogen and oxygen atoms in total. The lowest BCUT2D eigenvalue weighted by molar-refractivity contribution is -0.155. The van der Waals surface area contributed by atoms with Gasteiger partial charge in [-0.3, -0.25) is 4.79 Å². The first-order chi connectivity index (χ1) is 18.8. The highest BCUT2D eigenvalue weighted by Gasteiger charge is 2.26. The van der Waals surface area contributed by atoms with Crippen LogP contribution >= 0.6 is 0 Å². The number of benzene rings is 1. The average Bonchev–Trinajstić information content (AvgIpc) is 2.81. The quantitative estimate of drug-likeness (QED) is 0.197. The van der Waals surface area contributed by atoms with Gasteiger partial charge in [0.05, 0.1) is 19.3 Å². The Balaban J connectivity index is 2.97. The van der Waals surface area contributed by atoms with E-state index in [1.54, 1.807) is 33.8 Å². The summed E-state index contributed by atoms with van der Waals surface area (Å²) in [6, 6.07) is 3.21. The highest BCUT2D eigenvalue weighted by molar-refractivity contribution is 5.76. The minimum Gasteiger partial charge on any atom is -0.458 e. The van der Waals surface area contributed by atoms with Gasteiger partial charge in [-0.25, -0.2) is 14.4 Å². The van der Waals surface area contributed by atoms with Gasteiger partial charge < -0.3 is 38.9 Å². The van der Waals surface area contributed by atoms with E-state index in [0.717, 1.165) is 0 Å². The summed E-state index contributed by atoms with van der Waals surface area (Å²) in [6.45, 7) is 18.0. The number of hydrogen-bond donors (Lipinski definition) is 1. The lowest BCUT2D eigenvalue weighted by Crippen LogP contribution is -2.39. The molecule has 0 aliphatic rings. The van der Waals surface area contributed by atoms with Gasteiger partial charge in [-0.1, -0.05) is 47.6 Å². The van der Waals surface area contributed by atoms with Gasteiger partial charge in [0.2, 0.25) is 0 Å². The van der Waals surface area contributed by atoms with Crippen LogP contribution < -0.4 is 15.2 Å². The van der Waals surface area contributed by atoms with E-state index in [4.69, 9.17) is 38.9 Å². The van der Waals surface area contributed by atoms with Gasteiger partial charge >= 0.3 is 24.4 Å². The molecular formula is C29H45NO11. The summed E-state index contributed by atoms with van der Waals surface area (Å²) in [4.78, 5) is 48.9. The van der Waals surface area contributed by atoms with E-state index >= 15 is 0 Å². The lowest BCUT2D eigenvalue weighted by Gasteiger charge is -2.22. The average molecular weight is 584 g/mol. The Morgan fingerprint density at radius 3 is 1.68 bits per heavy atom. The molecule has 1 unspecified atom stereocenters. The first kappa shape index (κ1) is 35.5. The van der Waals surface area contributed by atoms with Crippen molar-refractivity contribution in [2.75, 3.05) is 13.2 Å². The molecule has 0 radical (unpaired) electrons. The molecule has 0 amide bonds. The normalized spacial score (nSPS) is 13.9. The standard InChI is InChI=1S/C29H45NO11/c1-17(2)37-27(34)39-19(4)18(3)38-24(31)21(30)13-20-11-12-22(40-25(32)35-15-28(5,6)7)23(14-20)41-26(33)36-16-29(8,9)10/h11-12,14,17-19,21H,13,15-16,30H2,1-10H3/t18-,19?,21-/m0/s1. The second kappa shape index (κ2) is 15.5. The highest BCUT2D eigenvalue weighted by atomic mass is 16.8. The van der Waals surface area contributed by atoms with Crippen LogP contribution in [0.1, 0.15) is 74.8 Å². The van der Waals surface area contributed by atoms with E-state index in [1.165, 1.54) is 12.1 Å². The van der Waals surface area contributed by atoms with Gasteiger partial charge in [0.1, 0.15) is 18.2 Å². The van der Waals surface area contributed by atoms with Crippen LogP contribution in [-0.2, 0) is 34.9 Å². The Morgan fingerprint density at radius 1 is 0.707 bits per heavy atom. The van der Waals surface area contributed by atoms with Crippen molar-refractivity contribution in [1.82, 2.24) is 0 Å². The van der Waals surface area contributed by atoms with Crippen LogP contribution in [0.4, 0.5) is 14.4 Å². The topological polar surface area (TPSA) is 159 Å². The number of carbonyl (C=O) groups excluding carboxylic acids is 4. The van der Waals surface area contributed by atoms with E-state index in [1.807, 2.05) is 41.5 Å². The maximum atomic E-state index is 12.6. The molecule has 0 aliphatic carbocycles. The zero-order valence-corrected chi connectivity index (χ0v) is 25.7. The predicted octanol–water partition coefficient (Wildman–Crippen LogP) is 5.56. The molecule has 3 atom stereocenters. The summed E-state index contributed by atoms with van der Waals surface area (Å²) < 4.78 is 36.3. The first-order valence-corrected chi connectivity index (χ1v) is 13.4. The van der Waals surface area contributed by atoms with Gasteiger partial charge in [-0.05, 0) is 62.6 Å². The SMILES string of the molecule is CC(C)OC(=O)OC(C)[C@H](C)OC(=O)[C@@H](N)Cc1ccc(OC(=O)OCC(C)(C)C)c(OC(=O)OCC(C)(C)C)c1. The molecule has 1 rings (SSSR count). The molecule has 2 N–H and O–H groups in total. The molecular weight excluding hydrogens is 538 g/mol. The number of nitrogens with two attached hydrogens (primary N) is 1. The van der Waals surface area contributed by atoms with Crippen molar-refractivity contribution in [3.63, 3.8) is 0 Å². The first-order valence-electron chi connectivity index (χ1n) is 13.4. The smallest absolute Gasteiger partial charge is 0.458 e. The fourth-order valence-corrected chi connectivity index (χ4v) is 2.80.